The van der Waals surface area contributed by atoms with Gasteiger partial charge in [0, 0.05) is 33.3 Å². The molecule has 0 aromatic carbocycles. The molecular weight excluding hydrogens is 260 g/mol. The smallest absolute Gasteiger partial charge is 0.320 e. The maximum absolute atomic E-state index is 12.5. The maximum atomic E-state index is 12.5. The first-order valence-corrected chi connectivity index (χ1v) is 7.21. The van der Waals surface area contributed by atoms with Crippen molar-refractivity contribution in [1.82, 2.24) is 9.80 Å². The van der Waals surface area contributed by atoms with Crippen LogP contribution in [0.15, 0.2) is 0 Å². The zero-order chi connectivity index (χ0) is 15.1. The minimum Gasteiger partial charge on any atom is -0.481 e. The average Bonchev–Trinajstić information content (AvgIpc) is 2.42. The van der Waals surface area contributed by atoms with Crippen molar-refractivity contribution in [2.75, 3.05) is 39.9 Å². The highest BCUT2D eigenvalue weighted by molar-refractivity contribution is 5.75. The molecule has 0 atom stereocenters. The van der Waals surface area contributed by atoms with E-state index in [0.717, 1.165) is 0 Å². The number of nitrogens with zero attached hydrogens (tertiary/aromatic N) is 2. The largest absolute Gasteiger partial charge is 0.481 e. The number of hydrogen-bond acceptors (Lipinski definition) is 3. The Labute approximate surface area is 120 Å². The van der Waals surface area contributed by atoms with Gasteiger partial charge in [0.25, 0.3) is 0 Å². The summed E-state index contributed by atoms with van der Waals surface area (Å²) in [5.74, 6) is -0.667. The van der Waals surface area contributed by atoms with E-state index in [0.29, 0.717) is 51.5 Å². The summed E-state index contributed by atoms with van der Waals surface area (Å²) >= 11 is 0. The van der Waals surface area contributed by atoms with Crippen LogP contribution in [0.5, 0.6) is 0 Å². The quantitative estimate of drug-likeness (QED) is 0.803. The molecular formula is C14H26N2O4. The van der Waals surface area contributed by atoms with Gasteiger partial charge in [0.1, 0.15) is 0 Å². The molecule has 0 bridgehead atoms. The number of methoxy groups -OCH3 is 1. The molecule has 1 fully saturated rings. The molecule has 2 amide bonds. The first kappa shape index (κ1) is 16.8. The van der Waals surface area contributed by atoms with E-state index < -0.39 is 5.97 Å². The van der Waals surface area contributed by atoms with Crippen molar-refractivity contribution in [1.29, 1.82) is 0 Å². The monoisotopic (exact) mass is 286 g/mol. The van der Waals surface area contributed by atoms with Crippen molar-refractivity contribution in [2.45, 2.75) is 26.7 Å². The Balaban J connectivity index is 2.54. The molecule has 0 spiro atoms. The van der Waals surface area contributed by atoms with Crippen molar-refractivity contribution in [3.8, 4) is 0 Å². The van der Waals surface area contributed by atoms with Gasteiger partial charge in [0.2, 0.25) is 0 Å². The molecule has 6 heteroatoms. The van der Waals surface area contributed by atoms with Crippen LogP contribution in [0.2, 0.25) is 0 Å². The Kier molecular flexibility index (Phi) is 6.78. The van der Waals surface area contributed by atoms with Crippen LogP contribution < -0.4 is 0 Å². The Morgan fingerprint density at radius 3 is 2.40 bits per heavy atom. The number of rotatable bonds is 6. The first-order chi connectivity index (χ1) is 9.45. The summed E-state index contributed by atoms with van der Waals surface area (Å²) in [5, 5.41) is 8.98. The highest BCUT2D eigenvalue weighted by atomic mass is 16.5. The average molecular weight is 286 g/mol. The van der Waals surface area contributed by atoms with E-state index in [9.17, 15) is 9.59 Å². The second-order valence-corrected chi connectivity index (χ2v) is 5.71. The van der Waals surface area contributed by atoms with Crippen LogP contribution >= 0.6 is 0 Å². The highest BCUT2D eigenvalue weighted by Crippen LogP contribution is 2.18. The predicted octanol–water partition coefficient (Wildman–Crippen LogP) is 1.51. The van der Waals surface area contributed by atoms with Gasteiger partial charge in [0.05, 0.1) is 12.5 Å². The van der Waals surface area contributed by atoms with Crippen LogP contribution in [0.4, 0.5) is 4.79 Å². The van der Waals surface area contributed by atoms with Crippen molar-refractivity contribution in [2.24, 2.45) is 11.8 Å². The number of amides is 2. The van der Waals surface area contributed by atoms with Crippen molar-refractivity contribution in [3.05, 3.63) is 0 Å². The molecule has 1 aliphatic heterocycles. The summed E-state index contributed by atoms with van der Waals surface area (Å²) in [6, 6.07) is -0.000381. The fraction of sp³-hybridized carbons (Fsp3) is 0.857. The predicted molar refractivity (Wildman–Crippen MR) is 75.6 cm³/mol. The number of urea groups is 1. The second kappa shape index (κ2) is 8.09. The van der Waals surface area contributed by atoms with Crippen LogP contribution in [0, 0.1) is 11.8 Å². The zero-order valence-corrected chi connectivity index (χ0v) is 12.7. The van der Waals surface area contributed by atoms with Gasteiger partial charge < -0.3 is 19.6 Å². The molecule has 1 rings (SSSR count). The summed E-state index contributed by atoms with van der Waals surface area (Å²) in [6.07, 6.45) is 1.09. The molecule has 1 aliphatic rings. The third kappa shape index (κ3) is 5.00. The SMILES string of the molecule is COCCN(CC(C)C)C(=O)N1CCC(C(=O)O)CC1. The van der Waals surface area contributed by atoms with E-state index in [1.54, 1.807) is 16.9 Å². The topological polar surface area (TPSA) is 70.1 Å². The van der Waals surface area contributed by atoms with Gasteiger partial charge in [-0.1, -0.05) is 13.8 Å². The molecule has 1 N–H and O–H groups in total. The van der Waals surface area contributed by atoms with Crippen molar-refractivity contribution < 1.29 is 19.4 Å². The van der Waals surface area contributed by atoms with Crippen molar-refractivity contribution >= 4 is 12.0 Å². The van der Waals surface area contributed by atoms with Gasteiger partial charge in [0.15, 0.2) is 0 Å². The van der Waals surface area contributed by atoms with Crippen LogP contribution in [0.3, 0.4) is 0 Å². The molecule has 0 radical (unpaired) electrons. The number of hydrogen-bond donors (Lipinski definition) is 1. The number of carboxylic acids is 1. The summed E-state index contributed by atoms with van der Waals surface area (Å²) in [7, 11) is 1.62. The lowest BCUT2D eigenvalue weighted by Gasteiger charge is -2.35. The highest BCUT2D eigenvalue weighted by Gasteiger charge is 2.29. The maximum Gasteiger partial charge on any atom is 0.320 e. The summed E-state index contributed by atoms with van der Waals surface area (Å²) in [4.78, 5) is 26.9. The normalized spacial score (nSPS) is 16.5. The van der Waals surface area contributed by atoms with E-state index in [4.69, 9.17) is 9.84 Å². The van der Waals surface area contributed by atoms with Gasteiger partial charge >= 0.3 is 12.0 Å². The second-order valence-electron chi connectivity index (χ2n) is 5.71. The molecule has 1 saturated heterocycles. The molecule has 116 valence electrons. The number of carbonyl (C=O) groups excluding carboxylic acids is 1. The Bertz CT molecular complexity index is 325. The van der Waals surface area contributed by atoms with Gasteiger partial charge in [-0.25, -0.2) is 4.79 Å². The Hall–Kier alpha value is -1.30. The lowest BCUT2D eigenvalue weighted by atomic mass is 9.97. The Morgan fingerprint density at radius 1 is 1.35 bits per heavy atom. The molecule has 0 unspecified atom stereocenters. The third-order valence-electron chi connectivity index (χ3n) is 3.54. The summed E-state index contributed by atoms with van der Waals surface area (Å²) in [5.41, 5.74) is 0. The lowest BCUT2D eigenvalue weighted by molar-refractivity contribution is -0.143. The number of aliphatic carboxylic acids is 1. The van der Waals surface area contributed by atoms with Gasteiger partial charge in [-0.2, -0.15) is 0 Å². The Morgan fingerprint density at radius 2 is 1.95 bits per heavy atom. The number of likely N-dealkylation sites (tertiary alicyclic amines) is 1. The number of ether oxygens (including phenoxy) is 1. The standard InChI is InChI=1S/C14H26N2O4/c1-11(2)10-16(8-9-20-3)14(19)15-6-4-12(5-7-15)13(17)18/h11-12H,4-10H2,1-3H3,(H,17,18). The number of carbonyl (C=O) groups is 2. The molecule has 0 aromatic rings. The van der Waals surface area contributed by atoms with Crippen LogP contribution in [-0.2, 0) is 9.53 Å². The van der Waals surface area contributed by atoms with E-state index in [2.05, 4.69) is 13.8 Å². The van der Waals surface area contributed by atoms with E-state index in [1.165, 1.54) is 0 Å². The van der Waals surface area contributed by atoms with Crippen LogP contribution in [-0.4, -0.2) is 66.8 Å². The number of carboxylic acid groups (broad SMARTS) is 1. The fourth-order valence-electron chi connectivity index (χ4n) is 2.43. The molecule has 6 nitrogen and oxygen atoms in total. The summed E-state index contributed by atoms with van der Waals surface area (Å²) in [6.45, 7) is 6.99. The molecule has 1 heterocycles. The van der Waals surface area contributed by atoms with E-state index in [-0.39, 0.29) is 11.9 Å². The molecule has 20 heavy (non-hydrogen) atoms. The zero-order valence-electron chi connectivity index (χ0n) is 12.7. The lowest BCUT2D eigenvalue weighted by Crippen LogP contribution is -2.49. The van der Waals surface area contributed by atoms with Gasteiger partial charge in [-0.3, -0.25) is 4.79 Å². The minimum absolute atomic E-state index is 0.000381. The molecule has 0 aromatic heterocycles. The third-order valence-corrected chi connectivity index (χ3v) is 3.54. The first-order valence-electron chi connectivity index (χ1n) is 7.21. The van der Waals surface area contributed by atoms with E-state index >= 15 is 0 Å². The van der Waals surface area contributed by atoms with Crippen LogP contribution in [0.1, 0.15) is 26.7 Å². The summed E-state index contributed by atoms with van der Waals surface area (Å²) < 4.78 is 5.05. The molecule has 0 aliphatic carbocycles. The van der Waals surface area contributed by atoms with Crippen molar-refractivity contribution in [3.63, 3.8) is 0 Å². The van der Waals surface area contributed by atoms with Gasteiger partial charge in [-0.15, -0.1) is 0 Å². The minimum atomic E-state index is -0.754. The van der Waals surface area contributed by atoms with Gasteiger partial charge in [-0.05, 0) is 18.8 Å². The van der Waals surface area contributed by atoms with Crippen LogP contribution in [0.25, 0.3) is 0 Å². The fourth-order valence-corrected chi connectivity index (χ4v) is 2.43. The molecule has 0 saturated carbocycles. The van der Waals surface area contributed by atoms with E-state index in [1.807, 2.05) is 0 Å². The number of piperidine rings is 1.